The lowest BCUT2D eigenvalue weighted by atomic mass is 9.88. The Morgan fingerprint density at radius 1 is 1.13 bits per heavy atom. The van der Waals surface area contributed by atoms with Crippen LogP contribution in [0.25, 0.3) is 0 Å². The van der Waals surface area contributed by atoms with E-state index >= 15 is 0 Å². The second-order valence-corrected chi connectivity index (χ2v) is 4.51. The summed E-state index contributed by atoms with van der Waals surface area (Å²) in [4.78, 5) is 0. The average Bonchev–Trinajstić information content (AvgIpc) is 2.74. The Morgan fingerprint density at radius 2 is 1.93 bits per heavy atom. The first kappa shape index (κ1) is 9.37. The third-order valence-electron chi connectivity index (χ3n) is 3.64. The Labute approximate surface area is 90.6 Å². The van der Waals surface area contributed by atoms with Gasteiger partial charge in [-0.3, -0.25) is 0 Å². The molecule has 1 unspecified atom stereocenters. The standard InChI is InChI=1S/C13H17NO/c1-2-4-12-11(3-1)9-14-13(12)10-5-7-15-8-6-10/h1-4,10,13-14H,5-9H2. The molecule has 1 atom stereocenters. The van der Waals surface area contributed by atoms with Crippen molar-refractivity contribution in [2.24, 2.45) is 5.92 Å². The Kier molecular flexibility index (Phi) is 2.47. The van der Waals surface area contributed by atoms with Crippen LogP contribution in [-0.4, -0.2) is 13.2 Å². The summed E-state index contributed by atoms with van der Waals surface area (Å²) < 4.78 is 5.42. The first-order valence-corrected chi connectivity index (χ1v) is 5.84. The Hall–Kier alpha value is -0.860. The lowest BCUT2D eigenvalue weighted by Crippen LogP contribution is -2.27. The molecule has 2 aliphatic heterocycles. The molecule has 1 N–H and O–H groups in total. The highest BCUT2D eigenvalue weighted by Crippen LogP contribution is 2.35. The molecule has 0 radical (unpaired) electrons. The summed E-state index contributed by atoms with van der Waals surface area (Å²) >= 11 is 0. The van der Waals surface area contributed by atoms with E-state index in [4.69, 9.17) is 4.74 Å². The van der Waals surface area contributed by atoms with Crippen molar-refractivity contribution in [1.29, 1.82) is 0 Å². The summed E-state index contributed by atoms with van der Waals surface area (Å²) in [5.41, 5.74) is 3.00. The van der Waals surface area contributed by atoms with E-state index in [1.165, 1.54) is 24.0 Å². The van der Waals surface area contributed by atoms with Gasteiger partial charge in [-0.2, -0.15) is 0 Å². The molecule has 2 heteroatoms. The fourth-order valence-electron chi connectivity index (χ4n) is 2.80. The van der Waals surface area contributed by atoms with Gasteiger partial charge in [0.25, 0.3) is 0 Å². The molecule has 1 aromatic rings. The molecule has 2 nitrogen and oxygen atoms in total. The van der Waals surface area contributed by atoms with E-state index in [1.54, 1.807) is 0 Å². The van der Waals surface area contributed by atoms with Crippen molar-refractivity contribution in [3.8, 4) is 0 Å². The Morgan fingerprint density at radius 3 is 2.80 bits per heavy atom. The molecule has 0 aliphatic carbocycles. The number of ether oxygens (including phenoxy) is 1. The third kappa shape index (κ3) is 1.68. The minimum absolute atomic E-state index is 0.574. The molecule has 2 heterocycles. The van der Waals surface area contributed by atoms with E-state index < -0.39 is 0 Å². The summed E-state index contributed by atoms with van der Waals surface area (Å²) in [5.74, 6) is 0.766. The highest BCUT2D eigenvalue weighted by Gasteiger charge is 2.29. The van der Waals surface area contributed by atoms with E-state index in [9.17, 15) is 0 Å². The van der Waals surface area contributed by atoms with Crippen molar-refractivity contribution >= 4 is 0 Å². The molecule has 0 spiro atoms. The highest BCUT2D eigenvalue weighted by molar-refractivity contribution is 5.34. The highest BCUT2D eigenvalue weighted by atomic mass is 16.5. The molecular weight excluding hydrogens is 186 g/mol. The van der Waals surface area contributed by atoms with Crippen LogP contribution in [-0.2, 0) is 11.3 Å². The molecule has 80 valence electrons. The van der Waals surface area contributed by atoms with E-state index in [1.807, 2.05) is 0 Å². The third-order valence-corrected chi connectivity index (χ3v) is 3.64. The normalized spacial score (nSPS) is 26.5. The second-order valence-electron chi connectivity index (χ2n) is 4.51. The van der Waals surface area contributed by atoms with Crippen molar-refractivity contribution in [1.82, 2.24) is 5.32 Å². The summed E-state index contributed by atoms with van der Waals surface area (Å²) in [6, 6.07) is 9.37. The van der Waals surface area contributed by atoms with E-state index in [2.05, 4.69) is 29.6 Å². The van der Waals surface area contributed by atoms with Crippen LogP contribution in [0.15, 0.2) is 24.3 Å². The Balaban J connectivity index is 1.83. The Bertz CT molecular complexity index is 344. The van der Waals surface area contributed by atoms with Crippen molar-refractivity contribution in [3.63, 3.8) is 0 Å². The van der Waals surface area contributed by atoms with E-state index in [0.29, 0.717) is 6.04 Å². The largest absolute Gasteiger partial charge is 0.381 e. The maximum Gasteiger partial charge on any atom is 0.0469 e. The zero-order chi connectivity index (χ0) is 10.1. The molecule has 0 aromatic heterocycles. The van der Waals surface area contributed by atoms with Gasteiger partial charge in [-0.1, -0.05) is 24.3 Å². The summed E-state index contributed by atoms with van der Waals surface area (Å²) in [6.07, 6.45) is 2.40. The summed E-state index contributed by atoms with van der Waals surface area (Å²) in [6.45, 7) is 2.91. The van der Waals surface area contributed by atoms with E-state index in [0.717, 1.165) is 25.7 Å². The van der Waals surface area contributed by atoms with Crippen molar-refractivity contribution < 1.29 is 4.74 Å². The minimum Gasteiger partial charge on any atom is -0.381 e. The molecule has 1 fully saturated rings. The molecule has 2 aliphatic rings. The van der Waals surface area contributed by atoms with Crippen LogP contribution in [0.4, 0.5) is 0 Å². The topological polar surface area (TPSA) is 21.3 Å². The van der Waals surface area contributed by atoms with Crippen LogP contribution in [0.1, 0.15) is 30.0 Å². The predicted molar refractivity (Wildman–Crippen MR) is 59.6 cm³/mol. The van der Waals surface area contributed by atoms with Crippen LogP contribution in [0.5, 0.6) is 0 Å². The maximum atomic E-state index is 5.42. The predicted octanol–water partition coefficient (Wildman–Crippen LogP) is 2.26. The summed E-state index contributed by atoms with van der Waals surface area (Å²) in [7, 11) is 0. The molecular formula is C13H17NO. The van der Waals surface area contributed by atoms with Gasteiger partial charge in [-0.05, 0) is 29.9 Å². The second kappa shape index (κ2) is 3.95. The van der Waals surface area contributed by atoms with Crippen LogP contribution in [0.3, 0.4) is 0 Å². The number of fused-ring (bicyclic) bond motifs is 1. The molecule has 0 saturated carbocycles. The van der Waals surface area contributed by atoms with Gasteiger partial charge in [0.05, 0.1) is 0 Å². The lowest BCUT2D eigenvalue weighted by Gasteiger charge is -2.28. The number of rotatable bonds is 1. The average molecular weight is 203 g/mol. The maximum absolute atomic E-state index is 5.42. The van der Waals surface area contributed by atoms with Gasteiger partial charge in [-0.25, -0.2) is 0 Å². The molecule has 1 saturated heterocycles. The molecule has 1 aromatic carbocycles. The zero-order valence-corrected chi connectivity index (χ0v) is 8.91. The van der Waals surface area contributed by atoms with Gasteiger partial charge in [0, 0.05) is 25.8 Å². The summed E-state index contributed by atoms with van der Waals surface area (Å²) in [5, 5.41) is 3.64. The van der Waals surface area contributed by atoms with Crippen molar-refractivity contribution in [3.05, 3.63) is 35.4 Å². The monoisotopic (exact) mass is 203 g/mol. The number of hydrogen-bond donors (Lipinski definition) is 1. The lowest BCUT2D eigenvalue weighted by molar-refractivity contribution is 0.0549. The fraction of sp³-hybridized carbons (Fsp3) is 0.538. The number of benzene rings is 1. The van der Waals surface area contributed by atoms with Crippen LogP contribution in [0, 0.1) is 5.92 Å². The van der Waals surface area contributed by atoms with Crippen molar-refractivity contribution in [2.45, 2.75) is 25.4 Å². The smallest absolute Gasteiger partial charge is 0.0469 e. The SMILES string of the molecule is c1ccc2c(c1)CNC2C1CCOCC1. The fourth-order valence-corrected chi connectivity index (χ4v) is 2.80. The van der Waals surface area contributed by atoms with Crippen LogP contribution in [0.2, 0.25) is 0 Å². The molecule has 0 amide bonds. The van der Waals surface area contributed by atoms with Crippen LogP contribution >= 0.6 is 0 Å². The van der Waals surface area contributed by atoms with Gasteiger partial charge in [0.15, 0.2) is 0 Å². The molecule has 0 bridgehead atoms. The van der Waals surface area contributed by atoms with Gasteiger partial charge >= 0.3 is 0 Å². The number of hydrogen-bond acceptors (Lipinski definition) is 2. The molecule has 3 rings (SSSR count). The van der Waals surface area contributed by atoms with E-state index in [-0.39, 0.29) is 0 Å². The van der Waals surface area contributed by atoms with Gasteiger partial charge in [0.2, 0.25) is 0 Å². The zero-order valence-electron chi connectivity index (χ0n) is 8.91. The van der Waals surface area contributed by atoms with Gasteiger partial charge in [-0.15, -0.1) is 0 Å². The molecule has 15 heavy (non-hydrogen) atoms. The van der Waals surface area contributed by atoms with Crippen molar-refractivity contribution in [2.75, 3.05) is 13.2 Å². The van der Waals surface area contributed by atoms with Crippen LogP contribution < -0.4 is 5.32 Å². The first-order valence-electron chi connectivity index (χ1n) is 5.84. The van der Waals surface area contributed by atoms with Gasteiger partial charge < -0.3 is 10.1 Å². The quantitative estimate of drug-likeness (QED) is 0.756. The number of nitrogens with one attached hydrogen (secondary N) is 1. The van der Waals surface area contributed by atoms with Gasteiger partial charge in [0.1, 0.15) is 0 Å². The first-order chi connectivity index (χ1) is 7.45. The minimum atomic E-state index is 0.574.